The van der Waals surface area contributed by atoms with Gasteiger partial charge in [0, 0.05) is 11.5 Å². The molecule has 0 radical (unpaired) electrons. The molecule has 1 N–H and O–H groups in total. The van der Waals surface area contributed by atoms with Crippen molar-refractivity contribution in [3.63, 3.8) is 0 Å². The van der Waals surface area contributed by atoms with Gasteiger partial charge in [0.2, 0.25) is 5.28 Å². The number of nitrogens with zero attached hydrogens (tertiary/aromatic N) is 2. The number of methoxy groups -OCH3 is 1. The van der Waals surface area contributed by atoms with E-state index in [9.17, 15) is 5.11 Å². The Morgan fingerprint density at radius 3 is 2.73 bits per heavy atom. The van der Waals surface area contributed by atoms with Crippen LogP contribution in [0.2, 0.25) is 5.28 Å². The molecule has 0 aliphatic rings. The number of benzene rings is 1. The number of fused-ring (bicyclic) bond motifs is 1. The number of aryl methyl sites for hydroxylation is 1. The molecular weight excluding hydrogens is 216 g/mol. The molecule has 4 nitrogen and oxygen atoms in total. The van der Waals surface area contributed by atoms with E-state index in [1.165, 1.54) is 13.2 Å². The summed E-state index contributed by atoms with van der Waals surface area (Å²) in [5.41, 5.74) is 1.36. The molecule has 1 heterocycles. The summed E-state index contributed by atoms with van der Waals surface area (Å²) in [7, 11) is 1.49. The molecule has 15 heavy (non-hydrogen) atoms. The third-order valence-electron chi connectivity index (χ3n) is 2.16. The van der Waals surface area contributed by atoms with Gasteiger partial charge in [0.15, 0.2) is 11.5 Å². The quantitative estimate of drug-likeness (QED) is 0.756. The van der Waals surface area contributed by atoms with Gasteiger partial charge < -0.3 is 9.84 Å². The molecule has 0 atom stereocenters. The predicted octanol–water partition coefficient (Wildman–Crippen LogP) is 2.31. The van der Waals surface area contributed by atoms with Crippen molar-refractivity contribution >= 4 is 22.5 Å². The molecule has 78 valence electrons. The molecule has 2 aromatic rings. The molecule has 0 aliphatic heterocycles. The molecule has 0 bridgehead atoms. The van der Waals surface area contributed by atoms with E-state index in [0.29, 0.717) is 11.3 Å². The molecule has 0 saturated carbocycles. The molecule has 0 spiro atoms. The van der Waals surface area contributed by atoms with E-state index in [0.717, 1.165) is 11.1 Å². The normalized spacial score (nSPS) is 10.6. The fraction of sp³-hybridized carbons (Fsp3) is 0.200. The van der Waals surface area contributed by atoms with E-state index in [2.05, 4.69) is 9.97 Å². The molecule has 1 aromatic heterocycles. The van der Waals surface area contributed by atoms with Crippen LogP contribution in [0.4, 0.5) is 0 Å². The van der Waals surface area contributed by atoms with Crippen molar-refractivity contribution in [2.45, 2.75) is 6.92 Å². The number of hydrogen-bond acceptors (Lipinski definition) is 4. The maximum atomic E-state index is 9.56. The number of aromatic hydroxyl groups is 1. The van der Waals surface area contributed by atoms with Gasteiger partial charge >= 0.3 is 0 Å². The largest absolute Gasteiger partial charge is 0.504 e. The minimum atomic E-state index is 0.0409. The minimum absolute atomic E-state index is 0.0409. The van der Waals surface area contributed by atoms with Gasteiger partial charge in [-0.15, -0.1) is 0 Å². The van der Waals surface area contributed by atoms with Crippen molar-refractivity contribution < 1.29 is 9.84 Å². The minimum Gasteiger partial charge on any atom is -0.504 e. The SMILES string of the molecule is COc1cc2c(C)nc(Cl)nc2cc1O. The van der Waals surface area contributed by atoms with Crippen LogP contribution in [0.1, 0.15) is 5.69 Å². The highest BCUT2D eigenvalue weighted by molar-refractivity contribution is 6.28. The Hall–Kier alpha value is -1.55. The zero-order chi connectivity index (χ0) is 11.0. The third kappa shape index (κ3) is 1.68. The molecule has 5 heteroatoms. The lowest BCUT2D eigenvalue weighted by molar-refractivity contribution is 0.374. The number of aromatic nitrogens is 2. The Morgan fingerprint density at radius 1 is 1.33 bits per heavy atom. The Morgan fingerprint density at radius 2 is 2.07 bits per heavy atom. The van der Waals surface area contributed by atoms with E-state index < -0.39 is 0 Å². The van der Waals surface area contributed by atoms with Crippen LogP contribution in [0, 0.1) is 6.92 Å². The number of hydrogen-bond donors (Lipinski definition) is 1. The zero-order valence-electron chi connectivity index (χ0n) is 8.28. The van der Waals surface area contributed by atoms with Crippen molar-refractivity contribution in [1.29, 1.82) is 0 Å². The number of ether oxygens (including phenoxy) is 1. The van der Waals surface area contributed by atoms with Crippen LogP contribution in [0.5, 0.6) is 11.5 Å². The van der Waals surface area contributed by atoms with E-state index in [4.69, 9.17) is 16.3 Å². The van der Waals surface area contributed by atoms with Gasteiger partial charge in [-0.05, 0) is 24.6 Å². The molecule has 1 aromatic carbocycles. The van der Waals surface area contributed by atoms with Crippen molar-refractivity contribution in [3.8, 4) is 11.5 Å². The van der Waals surface area contributed by atoms with Crippen LogP contribution in [0.15, 0.2) is 12.1 Å². The molecule has 0 saturated heterocycles. The highest BCUT2D eigenvalue weighted by atomic mass is 35.5. The first-order chi connectivity index (χ1) is 7.11. The smallest absolute Gasteiger partial charge is 0.223 e. The number of phenolic OH excluding ortho intramolecular Hbond substituents is 1. The average molecular weight is 225 g/mol. The second kappa shape index (κ2) is 3.55. The Kier molecular flexibility index (Phi) is 2.36. The van der Waals surface area contributed by atoms with Gasteiger partial charge in [0.25, 0.3) is 0 Å². The van der Waals surface area contributed by atoms with Gasteiger partial charge in [-0.3, -0.25) is 0 Å². The maximum Gasteiger partial charge on any atom is 0.223 e. The summed E-state index contributed by atoms with van der Waals surface area (Å²) in [6.45, 7) is 1.83. The van der Waals surface area contributed by atoms with Crippen molar-refractivity contribution in [2.75, 3.05) is 7.11 Å². The Bertz CT molecular complexity index is 528. The first-order valence-electron chi connectivity index (χ1n) is 4.32. The molecule has 0 fully saturated rings. The second-order valence-corrected chi connectivity index (χ2v) is 3.46. The predicted molar refractivity (Wildman–Crippen MR) is 57.5 cm³/mol. The Balaban J connectivity index is 2.81. The second-order valence-electron chi connectivity index (χ2n) is 3.12. The van der Waals surface area contributed by atoms with Crippen LogP contribution in [0.25, 0.3) is 10.9 Å². The van der Waals surface area contributed by atoms with Crippen LogP contribution < -0.4 is 4.74 Å². The van der Waals surface area contributed by atoms with Gasteiger partial charge in [-0.1, -0.05) is 0 Å². The number of rotatable bonds is 1. The fourth-order valence-corrected chi connectivity index (χ4v) is 1.64. The Labute approximate surface area is 91.5 Å². The highest BCUT2D eigenvalue weighted by Gasteiger charge is 2.08. The summed E-state index contributed by atoms with van der Waals surface area (Å²) in [5.74, 6) is 0.440. The standard InChI is InChI=1S/C10H9ClN2O2/c1-5-6-3-9(15-2)8(14)4-7(6)13-10(11)12-5/h3-4,14H,1-2H3. The van der Waals surface area contributed by atoms with Crippen LogP contribution in [-0.2, 0) is 0 Å². The van der Waals surface area contributed by atoms with Gasteiger partial charge in [-0.25, -0.2) is 9.97 Å². The summed E-state index contributed by atoms with van der Waals surface area (Å²) in [4.78, 5) is 8.04. The van der Waals surface area contributed by atoms with Crippen LogP contribution in [0.3, 0.4) is 0 Å². The van der Waals surface area contributed by atoms with Crippen molar-refractivity contribution in [1.82, 2.24) is 9.97 Å². The monoisotopic (exact) mass is 224 g/mol. The topological polar surface area (TPSA) is 55.2 Å². The van der Waals surface area contributed by atoms with E-state index in [1.54, 1.807) is 6.07 Å². The summed E-state index contributed by atoms with van der Waals surface area (Å²) in [5, 5.41) is 10.5. The molecule has 0 unspecified atom stereocenters. The van der Waals surface area contributed by atoms with Gasteiger partial charge in [0.1, 0.15) is 0 Å². The van der Waals surface area contributed by atoms with Crippen molar-refractivity contribution in [2.24, 2.45) is 0 Å². The number of phenols is 1. The summed E-state index contributed by atoms with van der Waals surface area (Å²) in [6.07, 6.45) is 0. The third-order valence-corrected chi connectivity index (χ3v) is 2.33. The van der Waals surface area contributed by atoms with Crippen LogP contribution in [-0.4, -0.2) is 22.2 Å². The summed E-state index contributed by atoms with van der Waals surface area (Å²) in [6, 6.07) is 3.20. The highest BCUT2D eigenvalue weighted by Crippen LogP contribution is 2.31. The molecule has 2 rings (SSSR count). The lowest BCUT2D eigenvalue weighted by Crippen LogP contribution is -1.91. The zero-order valence-corrected chi connectivity index (χ0v) is 9.04. The van der Waals surface area contributed by atoms with Gasteiger partial charge in [-0.2, -0.15) is 0 Å². The maximum absolute atomic E-state index is 9.56. The van der Waals surface area contributed by atoms with Crippen LogP contribution >= 0.6 is 11.6 Å². The number of halogens is 1. The van der Waals surface area contributed by atoms with E-state index >= 15 is 0 Å². The van der Waals surface area contributed by atoms with Gasteiger partial charge in [0.05, 0.1) is 18.3 Å². The van der Waals surface area contributed by atoms with E-state index in [1.807, 2.05) is 6.92 Å². The molecule has 0 aliphatic carbocycles. The summed E-state index contributed by atoms with van der Waals surface area (Å²) < 4.78 is 5.00. The van der Waals surface area contributed by atoms with E-state index in [-0.39, 0.29) is 11.0 Å². The van der Waals surface area contributed by atoms with Crippen molar-refractivity contribution in [3.05, 3.63) is 23.1 Å². The first kappa shape index (κ1) is 9.98. The molecule has 0 amide bonds. The first-order valence-corrected chi connectivity index (χ1v) is 4.70. The fourth-order valence-electron chi connectivity index (χ4n) is 1.43. The molecular formula is C10H9ClN2O2. The lowest BCUT2D eigenvalue weighted by atomic mass is 10.2. The lowest BCUT2D eigenvalue weighted by Gasteiger charge is -2.06. The average Bonchev–Trinajstić information content (AvgIpc) is 2.16. The summed E-state index contributed by atoms with van der Waals surface area (Å²) >= 11 is 5.71.